The molecule has 0 saturated heterocycles. The van der Waals surface area contributed by atoms with Gasteiger partial charge in [0.05, 0.1) is 16.4 Å². The lowest BCUT2D eigenvalue weighted by atomic mass is 9.70. The highest BCUT2D eigenvalue weighted by Crippen LogP contribution is 2.64. The van der Waals surface area contributed by atoms with Crippen LogP contribution >= 0.6 is 0 Å². The molecular weight excluding hydrogens is 773 g/mol. The number of hydrogen-bond donors (Lipinski definition) is 0. The fraction of sp³-hybridized carbons (Fsp3) is 0.0179. The number of nitriles is 1. The van der Waals surface area contributed by atoms with Gasteiger partial charge in [0, 0.05) is 39.4 Å². The van der Waals surface area contributed by atoms with Gasteiger partial charge in [-0.1, -0.05) is 146 Å². The lowest BCUT2D eigenvalue weighted by Gasteiger charge is -2.30. The van der Waals surface area contributed by atoms with Crippen LogP contribution < -0.4 is 0 Å². The Bertz CT molecular complexity index is 3640. The van der Waals surface area contributed by atoms with Crippen LogP contribution in [0, 0.1) is 11.3 Å². The summed E-state index contributed by atoms with van der Waals surface area (Å²) in [7, 11) is 0. The van der Waals surface area contributed by atoms with Gasteiger partial charge >= 0.3 is 0 Å². The monoisotopic (exact) mass is 804 g/mol. The van der Waals surface area contributed by atoms with Crippen LogP contribution in [0.5, 0.6) is 0 Å². The van der Waals surface area contributed by atoms with Gasteiger partial charge in [-0.2, -0.15) is 5.26 Å². The molecule has 7 heteroatoms. The van der Waals surface area contributed by atoms with Crippen LogP contribution in [0.15, 0.2) is 199 Å². The summed E-state index contributed by atoms with van der Waals surface area (Å²) in [5, 5.41) is 11.0. The molecule has 0 radical (unpaired) electrons. The van der Waals surface area contributed by atoms with Crippen LogP contribution in [-0.2, 0) is 5.41 Å². The van der Waals surface area contributed by atoms with Gasteiger partial charge in [-0.25, -0.2) is 19.9 Å². The number of hydrogen-bond acceptors (Lipinski definition) is 6. The fourth-order valence-corrected chi connectivity index (χ4v) is 10.1. The quantitative estimate of drug-likeness (QED) is 0.172. The summed E-state index contributed by atoms with van der Waals surface area (Å²) >= 11 is 0. The summed E-state index contributed by atoms with van der Waals surface area (Å²) in [6.45, 7) is 0. The molecule has 8 aromatic carbocycles. The molecule has 2 aliphatic carbocycles. The topological polar surface area (TPSA) is 93.4 Å². The van der Waals surface area contributed by atoms with Crippen LogP contribution in [0.2, 0.25) is 0 Å². The Morgan fingerprint density at radius 3 is 1.76 bits per heavy atom. The molecule has 0 amide bonds. The van der Waals surface area contributed by atoms with E-state index in [9.17, 15) is 5.26 Å². The second-order valence-corrected chi connectivity index (χ2v) is 16.1. The number of imidazole rings is 1. The average molecular weight is 805 g/mol. The van der Waals surface area contributed by atoms with Gasteiger partial charge in [0.25, 0.3) is 0 Å². The van der Waals surface area contributed by atoms with Crippen molar-refractivity contribution in [3.8, 4) is 79.6 Å². The lowest BCUT2D eigenvalue weighted by molar-refractivity contribution is 0.599. The first-order chi connectivity index (χ1) is 31.2. The van der Waals surface area contributed by atoms with Gasteiger partial charge in [-0.15, -0.1) is 0 Å². The molecule has 1 spiro atoms. The predicted octanol–water partition coefficient (Wildman–Crippen LogP) is 12.8. The molecule has 63 heavy (non-hydrogen) atoms. The summed E-state index contributed by atoms with van der Waals surface area (Å²) < 4.78 is 8.38. The van der Waals surface area contributed by atoms with Crippen molar-refractivity contribution in [1.29, 1.82) is 5.26 Å². The van der Waals surface area contributed by atoms with E-state index in [0.29, 0.717) is 23.1 Å². The number of nitrogens with zero attached hydrogens (tertiary/aromatic N) is 6. The molecule has 0 bridgehead atoms. The summed E-state index contributed by atoms with van der Waals surface area (Å²) in [5.41, 5.74) is 15.8. The van der Waals surface area contributed by atoms with Crippen molar-refractivity contribution in [2.75, 3.05) is 0 Å². The van der Waals surface area contributed by atoms with Crippen LogP contribution in [0.3, 0.4) is 0 Å². The van der Waals surface area contributed by atoms with E-state index in [1.165, 1.54) is 16.7 Å². The molecule has 1 atom stereocenters. The van der Waals surface area contributed by atoms with Crippen LogP contribution in [0.25, 0.3) is 95.5 Å². The van der Waals surface area contributed by atoms with Crippen molar-refractivity contribution in [3.05, 3.63) is 222 Å². The zero-order valence-electron chi connectivity index (χ0n) is 33.6. The molecule has 0 N–H and O–H groups in total. The second kappa shape index (κ2) is 13.4. The van der Waals surface area contributed by atoms with Crippen molar-refractivity contribution in [2.45, 2.75) is 5.41 Å². The van der Waals surface area contributed by atoms with E-state index in [1.54, 1.807) is 0 Å². The second-order valence-electron chi connectivity index (χ2n) is 16.1. The molecule has 292 valence electrons. The van der Waals surface area contributed by atoms with Gasteiger partial charge in [0.1, 0.15) is 17.5 Å². The molecule has 0 fully saturated rings. The maximum atomic E-state index is 10.1. The number of benzene rings is 8. The Morgan fingerprint density at radius 2 is 1.03 bits per heavy atom. The minimum absolute atomic E-state index is 0.271. The Morgan fingerprint density at radius 1 is 0.460 bits per heavy atom. The zero-order chi connectivity index (χ0) is 41.6. The smallest absolute Gasteiger partial charge is 0.204 e. The van der Waals surface area contributed by atoms with Gasteiger partial charge in [-0.05, 0) is 87.0 Å². The number of fused-ring (bicyclic) bond motifs is 13. The van der Waals surface area contributed by atoms with E-state index >= 15 is 0 Å². The third kappa shape index (κ3) is 5.07. The van der Waals surface area contributed by atoms with E-state index in [1.807, 2.05) is 84.9 Å². The summed E-state index contributed by atoms with van der Waals surface area (Å²) in [6, 6.07) is 69.4. The Labute approximate surface area is 361 Å². The number of rotatable bonds is 5. The normalized spacial score (nSPS) is 14.4. The SMILES string of the molecule is N#Cc1cc2c3c(ccc2o1)C1(c2ccccc2-c2cc(-c4nc5ccccc5n4-c4ccccc4)ccc21)c1ccc(-c2nc(-c4ccccc4)nc(-c4ccccc4)n2)cc1-3. The predicted molar refractivity (Wildman–Crippen MR) is 247 cm³/mol. The van der Waals surface area contributed by atoms with Gasteiger partial charge < -0.3 is 4.42 Å². The number of para-hydroxylation sites is 3. The van der Waals surface area contributed by atoms with E-state index in [2.05, 4.69) is 120 Å². The van der Waals surface area contributed by atoms with Crippen molar-refractivity contribution in [1.82, 2.24) is 24.5 Å². The third-order valence-electron chi connectivity index (χ3n) is 12.7. The molecule has 2 aliphatic rings. The van der Waals surface area contributed by atoms with E-state index < -0.39 is 5.41 Å². The minimum Gasteiger partial charge on any atom is -0.446 e. The molecule has 3 heterocycles. The Kier molecular flexibility index (Phi) is 7.45. The largest absolute Gasteiger partial charge is 0.446 e. The first-order valence-corrected chi connectivity index (χ1v) is 20.9. The zero-order valence-corrected chi connectivity index (χ0v) is 33.6. The first kappa shape index (κ1) is 35.1. The molecular formula is C56H32N6O. The highest BCUT2D eigenvalue weighted by atomic mass is 16.3. The maximum absolute atomic E-state index is 10.1. The highest BCUT2D eigenvalue weighted by molar-refractivity contribution is 6.06. The van der Waals surface area contributed by atoms with E-state index in [-0.39, 0.29) is 5.76 Å². The number of aromatic nitrogens is 5. The molecule has 0 saturated carbocycles. The molecule has 0 aliphatic heterocycles. The van der Waals surface area contributed by atoms with Crippen molar-refractivity contribution in [2.24, 2.45) is 0 Å². The summed E-state index contributed by atoms with van der Waals surface area (Å²) in [5.74, 6) is 2.92. The van der Waals surface area contributed by atoms with E-state index in [0.717, 1.165) is 78.0 Å². The van der Waals surface area contributed by atoms with Gasteiger partial charge in [-0.3, -0.25) is 4.57 Å². The fourth-order valence-electron chi connectivity index (χ4n) is 10.1. The van der Waals surface area contributed by atoms with Crippen LogP contribution in [-0.4, -0.2) is 24.5 Å². The molecule has 1 unspecified atom stereocenters. The lowest BCUT2D eigenvalue weighted by Crippen LogP contribution is -2.25. The molecule has 3 aromatic heterocycles. The Hall–Kier alpha value is -8.73. The minimum atomic E-state index is -0.672. The molecule has 7 nitrogen and oxygen atoms in total. The Balaban J connectivity index is 1.06. The van der Waals surface area contributed by atoms with Crippen LogP contribution in [0.4, 0.5) is 0 Å². The molecule has 13 rings (SSSR count). The van der Waals surface area contributed by atoms with Crippen molar-refractivity contribution < 1.29 is 4.42 Å². The molecule has 11 aromatic rings. The van der Waals surface area contributed by atoms with Gasteiger partial charge in [0.15, 0.2) is 17.5 Å². The standard InChI is InChI=1S/C56H32N6O/c57-33-39-32-43-50(63-39)29-28-47-51(43)42-30-36(54-60-52(34-14-4-1-5-15-34)59-53(61-54)35-16-6-2-7-17-35)24-26-46(42)56(47)44-21-11-10-20-40(44)41-31-37(25-27-45(41)56)55-58-48-22-12-13-23-49(48)62(55)38-18-8-3-9-19-38/h1-32H. The maximum Gasteiger partial charge on any atom is 0.204 e. The summed E-state index contributed by atoms with van der Waals surface area (Å²) in [6.07, 6.45) is 0. The summed E-state index contributed by atoms with van der Waals surface area (Å²) in [4.78, 5) is 20.4. The van der Waals surface area contributed by atoms with Crippen LogP contribution in [0.1, 0.15) is 28.0 Å². The van der Waals surface area contributed by atoms with Crippen molar-refractivity contribution >= 4 is 22.0 Å². The first-order valence-electron chi connectivity index (χ1n) is 20.9. The number of furan rings is 1. The average Bonchev–Trinajstić information content (AvgIpc) is 4.11. The highest BCUT2D eigenvalue weighted by Gasteiger charge is 2.52. The third-order valence-corrected chi connectivity index (χ3v) is 12.7. The van der Waals surface area contributed by atoms with Gasteiger partial charge in [0.2, 0.25) is 5.76 Å². The van der Waals surface area contributed by atoms with Crippen molar-refractivity contribution in [3.63, 3.8) is 0 Å². The van der Waals surface area contributed by atoms with E-state index in [4.69, 9.17) is 24.4 Å².